The first-order valence-electron chi connectivity index (χ1n) is 12.6. The SMILES string of the molecule is CC(=O)c1ccc(NC(=O)Cn2c(=O)n(CCCCC(=O)NCCC(C)C)c(=O)c3ccccc32)cc1. The molecule has 37 heavy (non-hydrogen) atoms. The quantitative estimate of drug-likeness (QED) is 0.288. The lowest BCUT2D eigenvalue weighted by molar-refractivity contribution is -0.121. The molecular weight excluding hydrogens is 472 g/mol. The van der Waals surface area contributed by atoms with Crippen LogP contribution >= 0.6 is 0 Å². The number of hydrogen-bond donors (Lipinski definition) is 2. The molecule has 9 heteroatoms. The van der Waals surface area contributed by atoms with Crippen LogP contribution in [0.15, 0.2) is 58.1 Å². The molecular formula is C28H34N4O5. The molecule has 3 rings (SSSR count). The van der Waals surface area contributed by atoms with Gasteiger partial charge in [0.1, 0.15) is 6.54 Å². The minimum Gasteiger partial charge on any atom is -0.356 e. The number of para-hydroxylation sites is 1. The topological polar surface area (TPSA) is 119 Å². The Bertz CT molecular complexity index is 1390. The second-order valence-corrected chi connectivity index (χ2v) is 9.51. The van der Waals surface area contributed by atoms with Gasteiger partial charge in [0.25, 0.3) is 5.56 Å². The van der Waals surface area contributed by atoms with E-state index in [9.17, 15) is 24.0 Å². The second kappa shape index (κ2) is 12.8. The number of amides is 2. The Morgan fingerprint density at radius 2 is 1.59 bits per heavy atom. The largest absolute Gasteiger partial charge is 0.356 e. The van der Waals surface area contributed by atoms with Crippen molar-refractivity contribution >= 4 is 34.2 Å². The van der Waals surface area contributed by atoms with Gasteiger partial charge in [0.15, 0.2) is 5.78 Å². The van der Waals surface area contributed by atoms with Crippen LogP contribution in [0.2, 0.25) is 0 Å². The molecule has 0 saturated carbocycles. The molecule has 0 spiro atoms. The zero-order chi connectivity index (χ0) is 26.9. The molecule has 2 N–H and O–H groups in total. The predicted molar refractivity (Wildman–Crippen MR) is 144 cm³/mol. The summed E-state index contributed by atoms with van der Waals surface area (Å²) < 4.78 is 2.42. The number of ketones is 1. The third kappa shape index (κ3) is 7.49. The number of Topliss-reactive ketones (excluding diaryl/α,β-unsaturated/α-hetero) is 1. The summed E-state index contributed by atoms with van der Waals surface area (Å²) >= 11 is 0. The van der Waals surface area contributed by atoms with Crippen LogP contribution in [0.25, 0.3) is 10.9 Å². The highest BCUT2D eigenvalue weighted by Gasteiger charge is 2.15. The van der Waals surface area contributed by atoms with E-state index in [1.54, 1.807) is 48.5 Å². The molecule has 1 heterocycles. The summed E-state index contributed by atoms with van der Waals surface area (Å²) in [6, 6.07) is 13.2. The van der Waals surface area contributed by atoms with Crippen LogP contribution in [0.3, 0.4) is 0 Å². The van der Waals surface area contributed by atoms with E-state index in [-0.39, 0.29) is 24.8 Å². The number of hydrogen-bond acceptors (Lipinski definition) is 5. The number of anilines is 1. The second-order valence-electron chi connectivity index (χ2n) is 9.51. The van der Waals surface area contributed by atoms with Gasteiger partial charge in [0.05, 0.1) is 10.9 Å². The number of carbonyl (C=O) groups is 3. The van der Waals surface area contributed by atoms with Gasteiger partial charge in [-0.15, -0.1) is 0 Å². The van der Waals surface area contributed by atoms with Crippen molar-refractivity contribution in [1.29, 1.82) is 0 Å². The fourth-order valence-corrected chi connectivity index (χ4v) is 4.00. The molecule has 1 aromatic heterocycles. The molecule has 0 aliphatic rings. The molecule has 196 valence electrons. The van der Waals surface area contributed by atoms with Crippen molar-refractivity contribution in [2.45, 2.75) is 59.5 Å². The molecule has 0 aliphatic carbocycles. The van der Waals surface area contributed by atoms with Crippen molar-refractivity contribution in [3.05, 3.63) is 74.9 Å². The van der Waals surface area contributed by atoms with Gasteiger partial charge in [0.2, 0.25) is 11.8 Å². The van der Waals surface area contributed by atoms with E-state index in [1.165, 1.54) is 11.5 Å². The van der Waals surface area contributed by atoms with Crippen molar-refractivity contribution in [3.8, 4) is 0 Å². The van der Waals surface area contributed by atoms with E-state index < -0.39 is 17.2 Å². The third-order valence-corrected chi connectivity index (χ3v) is 6.09. The van der Waals surface area contributed by atoms with E-state index in [0.29, 0.717) is 53.9 Å². The van der Waals surface area contributed by atoms with Crippen molar-refractivity contribution in [2.75, 3.05) is 11.9 Å². The first-order valence-corrected chi connectivity index (χ1v) is 12.6. The first kappa shape index (κ1) is 27.6. The predicted octanol–water partition coefficient (Wildman–Crippen LogP) is 3.34. The molecule has 0 unspecified atom stereocenters. The lowest BCUT2D eigenvalue weighted by atomic mass is 10.1. The summed E-state index contributed by atoms with van der Waals surface area (Å²) in [5.74, 6) is -0.0513. The number of rotatable bonds is 12. The molecule has 0 fully saturated rings. The highest BCUT2D eigenvalue weighted by atomic mass is 16.2. The zero-order valence-electron chi connectivity index (χ0n) is 21.6. The van der Waals surface area contributed by atoms with Crippen LogP contribution < -0.4 is 21.9 Å². The number of aromatic nitrogens is 2. The number of unbranched alkanes of at least 4 members (excludes halogenated alkanes) is 1. The van der Waals surface area contributed by atoms with E-state index in [0.717, 1.165) is 11.0 Å². The molecule has 0 atom stereocenters. The molecule has 2 aromatic carbocycles. The zero-order valence-corrected chi connectivity index (χ0v) is 21.6. The standard InChI is InChI=1S/C28H34N4O5/c1-19(2)15-16-29-25(34)10-6-7-17-31-27(36)23-8-4-5-9-24(23)32(28(31)37)18-26(35)30-22-13-11-21(12-14-22)20(3)33/h4-5,8-9,11-14,19H,6-7,10,15-18H2,1-3H3,(H,29,34)(H,30,35). The van der Waals surface area contributed by atoms with Gasteiger partial charge >= 0.3 is 5.69 Å². The number of benzene rings is 2. The molecule has 0 aliphatic heterocycles. The fourth-order valence-electron chi connectivity index (χ4n) is 4.00. The number of carbonyl (C=O) groups excluding carboxylic acids is 3. The maximum atomic E-state index is 13.3. The Kier molecular flexibility index (Phi) is 9.54. The van der Waals surface area contributed by atoms with Gasteiger partial charge in [-0.25, -0.2) is 4.79 Å². The van der Waals surface area contributed by atoms with Crippen molar-refractivity contribution < 1.29 is 14.4 Å². The van der Waals surface area contributed by atoms with E-state index >= 15 is 0 Å². The van der Waals surface area contributed by atoms with E-state index in [4.69, 9.17) is 0 Å². The van der Waals surface area contributed by atoms with Crippen molar-refractivity contribution in [3.63, 3.8) is 0 Å². The summed E-state index contributed by atoms with van der Waals surface area (Å²) in [6.07, 6.45) is 2.23. The maximum absolute atomic E-state index is 13.3. The number of nitrogens with zero attached hydrogens (tertiary/aromatic N) is 2. The Morgan fingerprint density at radius 1 is 0.892 bits per heavy atom. The summed E-state index contributed by atoms with van der Waals surface area (Å²) in [5.41, 5.74) is 0.402. The fraction of sp³-hybridized carbons (Fsp3) is 0.393. The van der Waals surface area contributed by atoms with Crippen LogP contribution in [0.5, 0.6) is 0 Å². The van der Waals surface area contributed by atoms with Crippen molar-refractivity contribution in [1.82, 2.24) is 14.5 Å². The van der Waals surface area contributed by atoms with Gasteiger partial charge < -0.3 is 10.6 Å². The van der Waals surface area contributed by atoms with Gasteiger partial charge in [-0.05, 0) is 68.5 Å². The Morgan fingerprint density at radius 3 is 2.27 bits per heavy atom. The summed E-state index contributed by atoms with van der Waals surface area (Å²) in [5, 5.41) is 5.95. The van der Waals surface area contributed by atoms with Crippen LogP contribution in [-0.4, -0.2) is 33.3 Å². The Labute approximate surface area is 215 Å². The van der Waals surface area contributed by atoms with E-state index in [2.05, 4.69) is 24.5 Å². The minimum atomic E-state index is -0.577. The average molecular weight is 507 g/mol. The minimum absolute atomic E-state index is 0.0445. The summed E-state index contributed by atoms with van der Waals surface area (Å²) in [7, 11) is 0. The Hall–Kier alpha value is -4.01. The number of fused-ring (bicyclic) bond motifs is 1. The Balaban J connectivity index is 1.72. The van der Waals surface area contributed by atoms with E-state index in [1.807, 2.05) is 0 Å². The highest BCUT2D eigenvalue weighted by Crippen LogP contribution is 2.12. The molecule has 0 bridgehead atoms. The summed E-state index contributed by atoms with van der Waals surface area (Å²) in [4.78, 5) is 62.6. The van der Waals surface area contributed by atoms with Crippen LogP contribution in [-0.2, 0) is 22.7 Å². The van der Waals surface area contributed by atoms with Crippen molar-refractivity contribution in [2.24, 2.45) is 5.92 Å². The monoisotopic (exact) mass is 506 g/mol. The lowest BCUT2D eigenvalue weighted by Crippen LogP contribution is -2.41. The average Bonchev–Trinajstić information content (AvgIpc) is 2.86. The number of nitrogens with one attached hydrogen (secondary N) is 2. The maximum Gasteiger partial charge on any atom is 0.331 e. The smallest absolute Gasteiger partial charge is 0.331 e. The van der Waals surface area contributed by atoms with Crippen LogP contribution in [0, 0.1) is 5.92 Å². The molecule has 9 nitrogen and oxygen atoms in total. The van der Waals surface area contributed by atoms with Gasteiger partial charge in [-0.1, -0.05) is 26.0 Å². The molecule has 3 aromatic rings. The lowest BCUT2D eigenvalue weighted by Gasteiger charge is -2.14. The van der Waals surface area contributed by atoms with Gasteiger partial charge in [-0.3, -0.25) is 28.3 Å². The molecule has 0 radical (unpaired) electrons. The summed E-state index contributed by atoms with van der Waals surface area (Å²) in [6.45, 7) is 6.15. The van der Waals surface area contributed by atoms with Crippen LogP contribution in [0.1, 0.15) is 56.8 Å². The van der Waals surface area contributed by atoms with Gasteiger partial charge in [-0.2, -0.15) is 0 Å². The molecule has 0 saturated heterocycles. The highest BCUT2D eigenvalue weighted by molar-refractivity contribution is 5.95. The normalized spacial score (nSPS) is 11.0. The molecule has 2 amide bonds. The third-order valence-electron chi connectivity index (χ3n) is 6.09. The van der Waals surface area contributed by atoms with Crippen LogP contribution in [0.4, 0.5) is 5.69 Å². The first-order chi connectivity index (χ1) is 17.7. The van der Waals surface area contributed by atoms with Gasteiger partial charge in [0, 0.05) is 30.8 Å².